The fraction of sp³-hybridized carbons (Fsp3) is 0.438. The van der Waals surface area contributed by atoms with Crippen molar-refractivity contribution in [3.05, 3.63) is 40.5 Å². The molecule has 0 saturated carbocycles. The first-order valence-corrected chi connectivity index (χ1v) is 6.38. The van der Waals surface area contributed by atoms with Gasteiger partial charge in [0.15, 0.2) is 0 Å². The molecule has 1 aromatic rings. The molecule has 0 aliphatic heterocycles. The van der Waals surface area contributed by atoms with E-state index in [2.05, 4.69) is 45.9 Å². The van der Waals surface area contributed by atoms with E-state index < -0.39 is 5.97 Å². The average molecular weight is 246 g/mol. The monoisotopic (exact) mass is 246 g/mol. The summed E-state index contributed by atoms with van der Waals surface area (Å²) in [5.74, 6) is -0.719. The molecule has 0 amide bonds. The molecule has 0 aliphatic rings. The van der Waals surface area contributed by atoms with Gasteiger partial charge in [-0.05, 0) is 62.8 Å². The maximum Gasteiger partial charge on any atom is 0.303 e. The standard InChI is InChI=1S/C16H22O2/c1-11-9-13(3)16(14(4)10-11)12(2)7-5-6-8-15(17)18/h7,9-10H,5-6,8H2,1-4H3,(H,17,18)/b12-7+. The van der Waals surface area contributed by atoms with Crippen molar-refractivity contribution >= 4 is 11.5 Å². The molecular weight excluding hydrogens is 224 g/mol. The van der Waals surface area contributed by atoms with Gasteiger partial charge in [0.1, 0.15) is 0 Å². The van der Waals surface area contributed by atoms with Crippen LogP contribution in [0.3, 0.4) is 0 Å². The molecule has 18 heavy (non-hydrogen) atoms. The lowest BCUT2D eigenvalue weighted by Gasteiger charge is -2.12. The lowest BCUT2D eigenvalue weighted by molar-refractivity contribution is -0.137. The molecular formula is C16H22O2. The van der Waals surface area contributed by atoms with Crippen molar-refractivity contribution in [1.82, 2.24) is 0 Å². The largest absolute Gasteiger partial charge is 0.481 e. The first kappa shape index (κ1) is 14.5. The van der Waals surface area contributed by atoms with Crippen molar-refractivity contribution in [2.75, 3.05) is 0 Å². The Morgan fingerprint density at radius 1 is 1.22 bits per heavy atom. The fourth-order valence-corrected chi connectivity index (χ4v) is 2.48. The van der Waals surface area contributed by atoms with Crippen LogP contribution >= 0.6 is 0 Å². The number of hydrogen-bond donors (Lipinski definition) is 1. The van der Waals surface area contributed by atoms with Crippen molar-refractivity contribution < 1.29 is 9.90 Å². The number of carboxylic acids is 1. The van der Waals surface area contributed by atoms with Crippen LogP contribution in [0.25, 0.3) is 5.57 Å². The molecule has 0 aliphatic carbocycles. The van der Waals surface area contributed by atoms with Gasteiger partial charge in [-0.15, -0.1) is 0 Å². The van der Waals surface area contributed by atoms with Gasteiger partial charge in [0.2, 0.25) is 0 Å². The van der Waals surface area contributed by atoms with Gasteiger partial charge in [-0.3, -0.25) is 4.79 Å². The number of carboxylic acid groups (broad SMARTS) is 1. The van der Waals surface area contributed by atoms with Gasteiger partial charge >= 0.3 is 5.97 Å². The van der Waals surface area contributed by atoms with E-state index in [0.717, 1.165) is 6.42 Å². The van der Waals surface area contributed by atoms with Crippen molar-refractivity contribution in [2.45, 2.75) is 47.0 Å². The third-order valence-electron chi connectivity index (χ3n) is 3.12. The summed E-state index contributed by atoms with van der Waals surface area (Å²) in [6.45, 7) is 8.47. The molecule has 0 aromatic heterocycles. The van der Waals surface area contributed by atoms with Gasteiger partial charge in [0.05, 0.1) is 0 Å². The molecule has 1 N–H and O–H groups in total. The van der Waals surface area contributed by atoms with Crippen LogP contribution in [-0.4, -0.2) is 11.1 Å². The van der Waals surface area contributed by atoms with E-state index in [0.29, 0.717) is 6.42 Å². The molecule has 0 spiro atoms. The Labute approximate surface area is 109 Å². The van der Waals surface area contributed by atoms with Crippen LogP contribution in [-0.2, 0) is 4.79 Å². The fourth-order valence-electron chi connectivity index (χ4n) is 2.48. The SMILES string of the molecule is C/C(=C\CCCC(=O)O)c1c(C)cc(C)cc1C. The predicted octanol–water partition coefficient (Wildman–Crippen LogP) is 4.27. The third kappa shape index (κ3) is 4.02. The summed E-state index contributed by atoms with van der Waals surface area (Å²) in [6.07, 6.45) is 3.92. The van der Waals surface area contributed by atoms with Gasteiger partial charge in [-0.1, -0.05) is 23.8 Å². The van der Waals surface area contributed by atoms with Crippen molar-refractivity contribution in [2.24, 2.45) is 0 Å². The molecule has 1 rings (SSSR count). The van der Waals surface area contributed by atoms with Crippen LogP contribution in [0.15, 0.2) is 18.2 Å². The molecule has 0 bridgehead atoms. The van der Waals surface area contributed by atoms with Gasteiger partial charge in [-0.2, -0.15) is 0 Å². The number of aliphatic carboxylic acids is 1. The Morgan fingerprint density at radius 2 is 1.78 bits per heavy atom. The average Bonchev–Trinajstić information content (AvgIpc) is 2.22. The van der Waals surface area contributed by atoms with E-state index in [9.17, 15) is 4.79 Å². The van der Waals surface area contributed by atoms with Crippen LogP contribution in [0.1, 0.15) is 48.4 Å². The lowest BCUT2D eigenvalue weighted by Crippen LogP contribution is -1.94. The second-order valence-electron chi connectivity index (χ2n) is 4.95. The van der Waals surface area contributed by atoms with Gasteiger partial charge in [0, 0.05) is 6.42 Å². The Bertz CT molecular complexity index is 447. The Morgan fingerprint density at radius 3 is 2.28 bits per heavy atom. The molecule has 0 heterocycles. The minimum Gasteiger partial charge on any atom is -0.481 e. The Hall–Kier alpha value is -1.57. The van der Waals surface area contributed by atoms with Crippen molar-refractivity contribution in [3.63, 3.8) is 0 Å². The van der Waals surface area contributed by atoms with Gasteiger partial charge in [-0.25, -0.2) is 0 Å². The normalized spacial score (nSPS) is 11.7. The molecule has 98 valence electrons. The minimum atomic E-state index is -0.719. The van der Waals surface area contributed by atoms with Crippen LogP contribution in [0.5, 0.6) is 0 Å². The van der Waals surface area contributed by atoms with Gasteiger partial charge in [0.25, 0.3) is 0 Å². The van der Waals surface area contributed by atoms with Gasteiger partial charge < -0.3 is 5.11 Å². The second-order valence-corrected chi connectivity index (χ2v) is 4.95. The summed E-state index contributed by atoms with van der Waals surface area (Å²) in [4.78, 5) is 10.4. The second kappa shape index (κ2) is 6.39. The minimum absolute atomic E-state index is 0.246. The number of rotatable bonds is 5. The summed E-state index contributed by atoms with van der Waals surface area (Å²) >= 11 is 0. The Kier molecular flexibility index (Phi) is 5.14. The zero-order valence-electron chi connectivity index (χ0n) is 11.7. The molecule has 1 aromatic carbocycles. The molecule has 2 heteroatoms. The number of unbranched alkanes of at least 4 members (excludes halogenated alkanes) is 1. The molecule has 0 saturated heterocycles. The zero-order valence-corrected chi connectivity index (χ0v) is 11.7. The lowest BCUT2D eigenvalue weighted by atomic mass is 9.94. The summed E-state index contributed by atoms with van der Waals surface area (Å²) in [5, 5.41) is 8.59. The van der Waals surface area contributed by atoms with E-state index in [1.807, 2.05) is 0 Å². The number of aryl methyl sites for hydroxylation is 3. The number of allylic oxidation sites excluding steroid dienone is 2. The van der Waals surface area contributed by atoms with Crippen LogP contribution in [0.4, 0.5) is 0 Å². The molecule has 0 fully saturated rings. The van der Waals surface area contributed by atoms with Crippen LogP contribution < -0.4 is 0 Å². The van der Waals surface area contributed by atoms with Crippen LogP contribution in [0, 0.1) is 20.8 Å². The third-order valence-corrected chi connectivity index (χ3v) is 3.12. The highest BCUT2D eigenvalue weighted by molar-refractivity contribution is 5.70. The predicted molar refractivity (Wildman–Crippen MR) is 75.8 cm³/mol. The summed E-state index contributed by atoms with van der Waals surface area (Å²) in [6, 6.07) is 4.38. The molecule has 0 atom stereocenters. The van der Waals surface area contributed by atoms with E-state index in [1.54, 1.807) is 0 Å². The quantitative estimate of drug-likeness (QED) is 0.788. The Balaban J connectivity index is 2.80. The number of carbonyl (C=O) groups is 1. The van der Waals surface area contributed by atoms with Crippen molar-refractivity contribution in [1.29, 1.82) is 0 Å². The summed E-state index contributed by atoms with van der Waals surface area (Å²) in [5.41, 5.74) is 6.41. The van der Waals surface area contributed by atoms with Crippen molar-refractivity contribution in [3.8, 4) is 0 Å². The molecule has 0 radical (unpaired) electrons. The summed E-state index contributed by atoms with van der Waals surface area (Å²) < 4.78 is 0. The summed E-state index contributed by atoms with van der Waals surface area (Å²) in [7, 11) is 0. The van der Waals surface area contributed by atoms with E-state index in [4.69, 9.17) is 5.11 Å². The maximum atomic E-state index is 10.4. The number of hydrogen-bond acceptors (Lipinski definition) is 1. The smallest absolute Gasteiger partial charge is 0.303 e. The van der Waals surface area contributed by atoms with E-state index in [-0.39, 0.29) is 6.42 Å². The topological polar surface area (TPSA) is 37.3 Å². The first-order chi connectivity index (χ1) is 8.41. The molecule has 2 nitrogen and oxygen atoms in total. The molecule has 0 unspecified atom stereocenters. The number of benzene rings is 1. The highest BCUT2D eigenvalue weighted by Crippen LogP contribution is 2.24. The van der Waals surface area contributed by atoms with Crippen LogP contribution in [0.2, 0.25) is 0 Å². The zero-order chi connectivity index (χ0) is 13.7. The highest BCUT2D eigenvalue weighted by Gasteiger charge is 2.05. The highest BCUT2D eigenvalue weighted by atomic mass is 16.4. The first-order valence-electron chi connectivity index (χ1n) is 6.38. The van der Waals surface area contributed by atoms with E-state index >= 15 is 0 Å². The van der Waals surface area contributed by atoms with E-state index in [1.165, 1.54) is 27.8 Å². The maximum absolute atomic E-state index is 10.4.